The van der Waals surface area contributed by atoms with E-state index in [1.807, 2.05) is 30.3 Å². The fourth-order valence-corrected chi connectivity index (χ4v) is 4.83. The van der Waals surface area contributed by atoms with Gasteiger partial charge in [0.2, 0.25) is 0 Å². The first-order valence-electron chi connectivity index (χ1n) is 12.8. The lowest BCUT2D eigenvalue weighted by Gasteiger charge is -2.26. The minimum absolute atomic E-state index is 0.0818. The number of aryl methyl sites for hydroxylation is 1. The van der Waals surface area contributed by atoms with Crippen LogP contribution in [0.1, 0.15) is 66.3 Å². The van der Waals surface area contributed by atoms with Gasteiger partial charge in [-0.15, -0.1) is 0 Å². The van der Waals surface area contributed by atoms with Crippen LogP contribution in [0.5, 0.6) is 0 Å². The number of aliphatic hydroxyl groups excluding tert-OH is 1. The maximum atomic E-state index is 13.5. The highest BCUT2D eigenvalue weighted by Crippen LogP contribution is 2.42. The van der Waals surface area contributed by atoms with E-state index >= 15 is 0 Å². The van der Waals surface area contributed by atoms with E-state index in [1.54, 1.807) is 0 Å². The van der Waals surface area contributed by atoms with Gasteiger partial charge >= 0.3 is 0 Å². The second-order valence-corrected chi connectivity index (χ2v) is 9.11. The zero-order valence-corrected chi connectivity index (χ0v) is 20.1. The average Bonchev–Trinajstić information content (AvgIpc) is 3.28. The number of unbranched alkanes of at least 4 members (excludes halogenated alkanes) is 2. The Morgan fingerprint density at radius 2 is 1.94 bits per heavy atom. The Labute approximate surface area is 202 Å². The summed E-state index contributed by atoms with van der Waals surface area (Å²) >= 11 is 0. The molecule has 1 aromatic heterocycles. The third-order valence-corrected chi connectivity index (χ3v) is 6.64. The quantitative estimate of drug-likeness (QED) is 0.457. The van der Waals surface area contributed by atoms with Gasteiger partial charge in [-0.3, -0.25) is 9.69 Å². The van der Waals surface area contributed by atoms with Crippen LogP contribution < -0.4 is 5.32 Å². The summed E-state index contributed by atoms with van der Waals surface area (Å²) in [4.78, 5) is 15.9. The number of carbonyl (C=O) groups excluding carboxylic acids is 1. The molecular formula is C27H38N2O5. The molecule has 7 nitrogen and oxygen atoms in total. The van der Waals surface area contributed by atoms with E-state index in [0.717, 1.165) is 94.7 Å². The van der Waals surface area contributed by atoms with Crippen molar-refractivity contribution in [3.8, 4) is 11.3 Å². The number of aliphatic hydroxyl groups is 1. The van der Waals surface area contributed by atoms with Crippen molar-refractivity contribution in [1.82, 2.24) is 10.2 Å². The topological polar surface area (TPSA) is 84.2 Å². The van der Waals surface area contributed by atoms with Gasteiger partial charge in [-0.05, 0) is 45.1 Å². The highest BCUT2D eigenvalue weighted by atomic mass is 16.5. The van der Waals surface area contributed by atoms with Gasteiger partial charge in [0.1, 0.15) is 11.5 Å². The van der Waals surface area contributed by atoms with Crippen molar-refractivity contribution >= 4 is 5.91 Å². The summed E-state index contributed by atoms with van der Waals surface area (Å²) in [6, 6.07) is 9.89. The van der Waals surface area contributed by atoms with Gasteiger partial charge in [0.05, 0.1) is 24.9 Å². The number of hydrogen-bond donors (Lipinski definition) is 2. The van der Waals surface area contributed by atoms with Crippen molar-refractivity contribution < 1.29 is 23.8 Å². The molecule has 34 heavy (non-hydrogen) atoms. The van der Waals surface area contributed by atoms with Crippen molar-refractivity contribution in [3.63, 3.8) is 0 Å². The standard InChI is InChI=1S/C27H38N2O5/c30-17-5-2-6-18-33-22-11-7-12-23-24(22)25(26(34-23)21-9-3-1-4-10-21)27(31)28-13-8-14-29-15-19-32-20-16-29/h1,3-4,9-10,22,30H,2,5-8,11-20H2,(H,28,31). The van der Waals surface area contributed by atoms with Crippen LogP contribution in [0.3, 0.4) is 0 Å². The molecule has 0 radical (unpaired) electrons. The fourth-order valence-electron chi connectivity index (χ4n) is 4.83. The van der Waals surface area contributed by atoms with Crippen molar-refractivity contribution in [2.75, 3.05) is 52.6 Å². The molecule has 2 heterocycles. The summed E-state index contributed by atoms with van der Waals surface area (Å²) in [6.07, 6.45) is 6.09. The molecule has 1 fully saturated rings. The minimum atomic E-state index is -0.131. The number of carbonyl (C=O) groups is 1. The molecule has 0 bridgehead atoms. The molecular weight excluding hydrogens is 432 g/mol. The largest absolute Gasteiger partial charge is 0.460 e. The molecule has 4 rings (SSSR count). The molecule has 1 aliphatic heterocycles. The van der Waals surface area contributed by atoms with Crippen molar-refractivity contribution in [1.29, 1.82) is 0 Å². The summed E-state index contributed by atoms with van der Waals surface area (Å²) in [6.45, 7) is 5.90. The maximum absolute atomic E-state index is 13.5. The lowest BCUT2D eigenvalue weighted by atomic mass is 9.90. The second-order valence-electron chi connectivity index (χ2n) is 9.11. The Morgan fingerprint density at radius 1 is 1.12 bits per heavy atom. The number of furan rings is 1. The van der Waals surface area contributed by atoms with Gasteiger partial charge in [-0.1, -0.05) is 30.3 Å². The van der Waals surface area contributed by atoms with Gasteiger partial charge in [-0.2, -0.15) is 0 Å². The van der Waals surface area contributed by atoms with E-state index in [0.29, 0.717) is 24.5 Å². The Bertz CT molecular complexity index is 892. The number of fused-ring (bicyclic) bond motifs is 1. The first-order valence-corrected chi connectivity index (χ1v) is 12.8. The van der Waals surface area contributed by atoms with E-state index in [9.17, 15) is 4.79 Å². The summed E-state index contributed by atoms with van der Waals surface area (Å²) in [7, 11) is 0. The molecule has 7 heteroatoms. The molecule has 186 valence electrons. The number of benzene rings is 1. The minimum Gasteiger partial charge on any atom is -0.460 e. The number of hydrogen-bond acceptors (Lipinski definition) is 6. The number of amides is 1. The van der Waals surface area contributed by atoms with Crippen LogP contribution in [0.25, 0.3) is 11.3 Å². The van der Waals surface area contributed by atoms with E-state index in [2.05, 4.69) is 10.2 Å². The smallest absolute Gasteiger partial charge is 0.255 e. The summed E-state index contributed by atoms with van der Waals surface area (Å²) in [5, 5.41) is 12.2. The number of ether oxygens (including phenoxy) is 2. The fraction of sp³-hybridized carbons (Fsp3) is 0.593. The predicted molar refractivity (Wildman–Crippen MR) is 131 cm³/mol. The van der Waals surface area contributed by atoms with Crippen LogP contribution in [0.4, 0.5) is 0 Å². The normalized spacial score (nSPS) is 18.6. The third kappa shape index (κ3) is 6.48. The van der Waals surface area contributed by atoms with Gasteiger partial charge in [-0.25, -0.2) is 0 Å². The van der Waals surface area contributed by atoms with Crippen LogP contribution in [0, 0.1) is 0 Å². The molecule has 1 saturated heterocycles. The molecule has 2 aliphatic rings. The summed E-state index contributed by atoms with van der Waals surface area (Å²) in [5.74, 6) is 1.44. The second kappa shape index (κ2) is 13.0. The molecule has 1 aliphatic carbocycles. The van der Waals surface area contributed by atoms with Crippen LogP contribution in [-0.4, -0.2) is 68.5 Å². The number of morpholine rings is 1. The summed E-state index contributed by atoms with van der Waals surface area (Å²) in [5.41, 5.74) is 2.47. The van der Waals surface area contributed by atoms with Crippen LogP contribution in [-0.2, 0) is 15.9 Å². The lowest BCUT2D eigenvalue weighted by molar-refractivity contribution is 0.0355. The average molecular weight is 471 g/mol. The molecule has 1 atom stereocenters. The Morgan fingerprint density at radius 3 is 2.74 bits per heavy atom. The van der Waals surface area contributed by atoms with E-state index in [-0.39, 0.29) is 18.6 Å². The maximum Gasteiger partial charge on any atom is 0.255 e. The monoisotopic (exact) mass is 470 g/mol. The highest BCUT2D eigenvalue weighted by molar-refractivity contribution is 6.01. The zero-order valence-electron chi connectivity index (χ0n) is 20.1. The molecule has 1 unspecified atom stereocenters. The van der Waals surface area contributed by atoms with Gasteiger partial charge in [0.15, 0.2) is 0 Å². The van der Waals surface area contributed by atoms with Gasteiger partial charge in [0, 0.05) is 50.4 Å². The van der Waals surface area contributed by atoms with Crippen molar-refractivity contribution in [2.45, 2.75) is 51.0 Å². The van der Waals surface area contributed by atoms with E-state index in [4.69, 9.17) is 19.0 Å². The van der Waals surface area contributed by atoms with Crippen molar-refractivity contribution in [2.24, 2.45) is 0 Å². The van der Waals surface area contributed by atoms with Crippen LogP contribution in [0.2, 0.25) is 0 Å². The molecule has 0 spiro atoms. The highest BCUT2D eigenvalue weighted by Gasteiger charge is 2.34. The molecule has 2 N–H and O–H groups in total. The predicted octanol–water partition coefficient (Wildman–Crippen LogP) is 3.96. The third-order valence-electron chi connectivity index (χ3n) is 6.64. The van der Waals surface area contributed by atoms with Crippen LogP contribution in [0.15, 0.2) is 34.7 Å². The van der Waals surface area contributed by atoms with E-state index < -0.39 is 0 Å². The lowest BCUT2D eigenvalue weighted by Crippen LogP contribution is -2.38. The van der Waals surface area contributed by atoms with Gasteiger partial charge < -0.3 is 24.3 Å². The first-order chi connectivity index (χ1) is 16.8. The molecule has 1 aromatic carbocycles. The Kier molecular flexibility index (Phi) is 9.56. The van der Waals surface area contributed by atoms with Crippen LogP contribution >= 0.6 is 0 Å². The molecule has 0 saturated carbocycles. The first kappa shape index (κ1) is 24.9. The zero-order chi connectivity index (χ0) is 23.6. The number of nitrogens with zero attached hydrogens (tertiary/aromatic N) is 1. The SMILES string of the molecule is O=C(NCCCN1CCOCC1)c1c(-c2ccccc2)oc2c1C(OCCCCCO)CCC2. The van der Waals surface area contributed by atoms with Gasteiger partial charge in [0.25, 0.3) is 5.91 Å². The molecule has 1 amide bonds. The number of nitrogens with one attached hydrogen (secondary N) is 1. The Balaban J connectivity index is 1.48. The number of rotatable bonds is 12. The van der Waals surface area contributed by atoms with Crippen molar-refractivity contribution in [3.05, 3.63) is 47.2 Å². The van der Waals surface area contributed by atoms with E-state index in [1.165, 1.54) is 0 Å². The molecule has 2 aromatic rings. The Hall–Kier alpha value is -2.19. The summed E-state index contributed by atoms with van der Waals surface area (Å²) < 4.78 is 18.0.